The van der Waals surface area contributed by atoms with E-state index in [9.17, 15) is 4.79 Å². The fourth-order valence-electron chi connectivity index (χ4n) is 1.22. The summed E-state index contributed by atoms with van der Waals surface area (Å²) in [6, 6.07) is 6.32. The summed E-state index contributed by atoms with van der Waals surface area (Å²) in [5.41, 5.74) is 3.51. The van der Waals surface area contributed by atoms with Gasteiger partial charge in [0.05, 0.1) is 28.8 Å². The van der Waals surface area contributed by atoms with Crippen molar-refractivity contribution >= 4 is 35.3 Å². The molecule has 0 aliphatic rings. The molecule has 1 amide bonds. The van der Waals surface area contributed by atoms with Crippen molar-refractivity contribution in [3.05, 3.63) is 58.0 Å². The molecule has 0 atom stereocenters. The van der Waals surface area contributed by atoms with Crippen LogP contribution in [0.25, 0.3) is 0 Å². The van der Waals surface area contributed by atoms with Crippen molar-refractivity contribution in [3.8, 4) is 0 Å². The van der Waals surface area contributed by atoms with Gasteiger partial charge in [-0.15, -0.1) is 0 Å². The highest BCUT2D eigenvalue weighted by Crippen LogP contribution is 2.22. The van der Waals surface area contributed by atoms with Crippen molar-refractivity contribution in [3.63, 3.8) is 0 Å². The number of amides is 1. The van der Waals surface area contributed by atoms with Crippen LogP contribution < -0.4 is 5.43 Å². The third-order valence-electron chi connectivity index (χ3n) is 2.10. The highest BCUT2D eigenvalue weighted by molar-refractivity contribution is 6.42. The second-order valence-electron chi connectivity index (χ2n) is 3.38. The Morgan fingerprint density at radius 1 is 1.28 bits per heavy atom. The number of hydrazone groups is 1. The van der Waals surface area contributed by atoms with Gasteiger partial charge < -0.3 is 4.42 Å². The summed E-state index contributed by atoms with van der Waals surface area (Å²) in [5.74, 6) is -0.367. The molecule has 0 saturated carbocycles. The topological polar surface area (TPSA) is 54.6 Å². The standard InChI is InChI=1S/C12H8Cl2N2O2/c13-10-2-1-9(5-11(10)14)12(17)16-15-6-8-3-4-18-7-8/h1-7H,(H,16,17)/b15-6-. The van der Waals surface area contributed by atoms with Crippen LogP contribution in [0.5, 0.6) is 0 Å². The number of halogens is 2. The molecular formula is C12H8Cl2N2O2. The third-order valence-corrected chi connectivity index (χ3v) is 2.84. The van der Waals surface area contributed by atoms with Crippen LogP contribution in [0.15, 0.2) is 46.3 Å². The lowest BCUT2D eigenvalue weighted by Crippen LogP contribution is -2.17. The molecule has 2 rings (SSSR count). The van der Waals surface area contributed by atoms with E-state index in [1.807, 2.05) is 0 Å². The summed E-state index contributed by atoms with van der Waals surface area (Å²) in [4.78, 5) is 11.7. The predicted octanol–water partition coefficient (Wildman–Crippen LogP) is 3.35. The molecule has 2 aromatic rings. The van der Waals surface area contributed by atoms with Gasteiger partial charge in [0.1, 0.15) is 0 Å². The lowest BCUT2D eigenvalue weighted by molar-refractivity contribution is 0.0955. The van der Waals surface area contributed by atoms with Gasteiger partial charge in [0.15, 0.2) is 0 Å². The van der Waals surface area contributed by atoms with E-state index in [4.69, 9.17) is 27.6 Å². The minimum atomic E-state index is -0.367. The van der Waals surface area contributed by atoms with Crippen molar-refractivity contribution < 1.29 is 9.21 Å². The van der Waals surface area contributed by atoms with Crippen LogP contribution in [-0.4, -0.2) is 12.1 Å². The van der Waals surface area contributed by atoms with Crippen LogP contribution in [0, 0.1) is 0 Å². The number of carbonyl (C=O) groups is 1. The highest BCUT2D eigenvalue weighted by atomic mass is 35.5. The molecule has 0 fully saturated rings. The average Bonchev–Trinajstić information content (AvgIpc) is 2.85. The van der Waals surface area contributed by atoms with Gasteiger partial charge in [-0.3, -0.25) is 4.79 Å². The molecule has 0 bridgehead atoms. The van der Waals surface area contributed by atoms with E-state index in [1.165, 1.54) is 24.8 Å². The zero-order valence-corrected chi connectivity index (χ0v) is 10.6. The summed E-state index contributed by atoms with van der Waals surface area (Å²) in [5, 5.41) is 4.50. The van der Waals surface area contributed by atoms with Gasteiger partial charge in [-0.05, 0) is 24.3 Å². The molecule has 1 aromatic heterocycles. The van der Waals surface area contributed by atoms with Crippen molar-refractivity contribution in [1.82, 2.24) is 5.43 Å². The number of nitrogens with one attached hydrogen (secondary N) is 1. The summed E-state index contributed by atoms with van der Waals surface area (Å²) < 4.78 is 4.85. The number of rotatable bonds is 3. The molecule has 1 aromatic carbocycles. The van der Waals surface area contributed by atoms with Gasteiger partial charge >= 0.3 is 0 Å². The normalized spacial score (nSPS) is 10.8. The Labute approximate surface area is 113 Å². The van der Waals surface area contributed by atoms with Gasteiger partial charge in [-0.2, -0.15) is 5.10 Å². The lowest BCUT2D eigenvalue weighted by atomic mass is 10.2. The SMILES string of the molecule is O=C(N/N=C\c1ccoc1)c1ccc(Cl)c(Cl)c1. The number of benzene rings is 1. The van der Waals surface area contributed by atoms with Gasteiger partial charge in [0, 0.05) is 11.1 Å². The molecule has 6 heteroatoms. The third kappa shape index (κ3) is 3.12. The molecule has 1 heterocycles. The largest absolute Gasteiger partial charge is 0.472 e. The number of hydrogen-bond acceptors (Lipinski definition) is 3. The Morgan fingerprint density at radius 2 is 2.11 bits per heavy atom. The molecule has 0 saturated heterocycles. The van der Waals surface area contributed by atoms with Crippen LogP contribution in [0.3, 0.4) is 0 Å². The summed E-state index contributed by atoms with van der Waals surface area (Å²) >= 11 is 11.6. The Bertz CT molecular complexity index is 580. The minimum Gasteiger partial charge on any atom is -0.472 e. The monoisotopic (exact) mass is 282 g/mol. The van der Waals surface area contributed by atoms with E-state index >= 15 is 0 Å². The Morgan fingerprint density at radius 3 is 2.78 bits per heavy atom. The molecule has 4 nitrogen and oxygen atoms in total. The Hall–Kier alpha value is -1.78. The number of hydrogen-bond donors (Lipinski definition) is 1. The molecule has 0 unspecified atom stereocenters. The first-order valence-corrected chi connectivity index (χ1v) is 5.73. The van der Waals surface area contributed by atoms with Gasteiger partial charge in [0.2, 0.25) is 0 Å². The van der Waals surface area contributed by atoms with Crippen molar-refractivity contribution in [2.24, 2.45) is 5.10 Å². The highest BCUT2D eigenvalue weighted by Gasteiger charge is 2.06. The van der Waals surface area contributed by atoms with E-state index in [0.29, 0.717) is 15.6 Å². The summed E-state index contributed by atoms with van der Waals surface area (Å²) in [6.07, 6.45) is 4.50. The quantitative estimate of drug-likeness (QED) is 0.693. The maximum absolute atomic E-state index is 11.7. The predicted molar refractivity (Wildman–Crippen MR) is 70.2 cm³/mol. The molecule has 0 aliphatic heterocycles. The zero-order chi connectivity index (χ0) is 13.0. The first kappa shape index (κ1) is 12.7. The average molecular weight is 283 g/mol. The minimum absolute atomic E-state index is 0.322. The molecule has 0 aliphatic carbocycles. The van der Waals surface area contributed by atoms with Crippen LogP contribution >= 0.6 is 23.2 Å². The molecular weight excluding hydrogens is 275 g/mol. The van der Waals surface area contributed by atoms with E-state index in [2.05, 4.69) is 10.5 Å². The van der Waals surface area contributed by atoms with Crippen molar-refractivity contribution in [2.45, 2.75) is 0 Å². The fourth-order valence-corrected chi connectivity index (χ4v) is 1.51. The molecule has 0 spiro atoms. The van der Waals surface area contributed by atoms with Crippen LogP contribution in [0.2, 0.25) is 10.0 Å². The summed E-state index contributed by atoms with van der Waals surface area (Å²) in [7, 11) is 0. The van der Waals surface area contributed by atoms with Crippen LogP contribution in [0.1, 0.15) is 15.9 Å². The van der Waals surface area contributed by atoms with Crippen molar-refractivity contribution in [1.29, 1.82) is 0 Å². The summed E-state index contributed by atoms with van der Waals surface area (Å²) in [6.45, 7) is 0. The fraction of sp³-hybridized carbons (Fsp3) is 0. The molecule has 92 valence electrons. The van der Waals surface area contributed by atoms with E-state index in [-0.39, 0.29) is 5.91 Å². The Kier molecular flexibility index (Phi) is 4.02. The second-order valence-corrected chi connectivity index (χ2v) is 4.20. The first-order valence-electron chi connectivity index (χ1n) is 4.97. The molecule has 0 radical (unpaired) electrons. The van der Waals surface area contributed by atoms with Crippen molar-refractivity contribution in [2.75, 3.05) is 0 Å². The number of furan rings is 1. The van der Waals surface area contributed by atoms with Crippen LogP contribution in [-0.2, 0) is 0 Å². The first-order chi connectivity index (χ1) is 8.66. The molecule has 1 N–H and O–H groups in total. The number of carbonyl (C=O) groups excluding carboxylic acids is 1. The smallest absolute Gasteiger partial charge is 0.271 e. The van der Waals surface area contributed by atoms with E-state index in [0.717, 1.165) is 5.56 Å². The molecule has 18 heavy (non-hydrogen) atoms. The number of nitrogens with zero attached hydrogens (tertiary/aromatic N) is 1. The Balaban J connectivity index is 2.01. The van der Waals surface area contributed by atoms with Gasteiger partial charge in [-0.25, -0.2) is 5.43 Å². The maximum atomic E-state index is 11.7. The van der Waals surface area contributed by atoms with Crippen LogP contribution in [0.4, 0.5) is 0 Å². The van der Waals surface area contributed by atoms with Gasteiger partial charge in [-0.1, -0.05) is 23.2 Å². The lowest BCUT2D eigenvalue weighted by Gasteiger charge is -2.01. The van der Waals surface area contributed by atoms with E-state index in [1.54, 1.807) is 18.2 Å². The zero-order valence-electron chi connectivity index (χ0n) is 9.06. The second kappa shape index (κ2) is 5.71. The maximum Gasteiger partial charge on any atom is 0.271 e. The van der Waals surface area contributed by atoms with E-state index < -0.39 is 0 Å². The van der Waals surface area contributed by atoms with Gasteiger partial charge in [0.25, 0.3) is 5.91 Å².